The molecule has 1 aromatic carbocycles. The molecule has 0 saturated carbocycles. The van der Waals surface area contributed by atoms with Crippen molar-refractivity contribution in [2.45, 2.75) is 33.1 Å². The number of rotatable bonds is 2. The van der Waals surface area contributed by atoms with Gasteiger partial charge in [0.2, 0.25) is 0 Å². The third-order valence-corrected chi connectivity index (χ3v) is 4.43. The number of anilines is 1. The van der Waals surface area contributed by atoms with Crippen LogP contribution in [0.2, 0.25) is 0 Å². The van der Waals surface area contributed by atoms with Crippen LogP contribution >= 0.6 is 0 Å². The molecule has 3 heterocycles. The van der Waals surface area contributed by atoms with Gasteiger partial charge in [0.1, 0.15) is 5.82 Å². The number of hydrogen-bond acceptors (Lipinski definition) is 4. The third-order valence-electron chi connectivity index (χ3n) is 4.43. The highest BCUT2D eigenvalue weighted by Crippen LogP contribution is 2.27. The van der Waals surface area contributed by atoms with E-state index in [1.54, 1.807) is 0 Å². The van der Waals surface area contributed by atoms with Crippen LogP contribution in [0.1, 0.15) is 30.7 Å². The van der Waals surface area contributed by atoms with Crippen molar-refractivity contribution < 1.29 is 0 Å². The first-order valence-corrected chi connectivity index (χ1v) is 8.28. The van der Waals surface area contributed by atoms with Gasteiger partial charge in [-0.1, -0.05) is 12.1 Å². The Morgan fingerprint density at radius 3 is 2.48 bits per heavy atom. The lowest BCUT2D eigenvalue weighted by Crippen LogP contribution is -2.30. The Kier molecular flexibility index (Phi) is 3.48. The summed E-state index contributed by atoms with van der Waals surface area (Å²) in [4.78, 5) is 12.0. The Balaban J connectivity index is 1.91. The molecule has 0 N–H and O–H groups in total. The van der Waals surface area contributed by atoms with Gasteiger partial charge in [-0.3, -0.25) is 0 Å². The number of benzene rings is 1. The number of para-hydroxylation sites is 1. The molecule has 1 aliphatic heterocycles. The van der Waals surface area contributed by atoms with Gasteiger partial charge in [0.25, 0.3) is 5.95 Å². The molecule has 2 aromatic heterocycles. The lowest BCUT2D eigenvalue weighted by molar-refractivity contribution is 0.573. The van der Waals surface area contributed by atoms with Crippen molar-refractivity contribution in [3.05, 3.63) is 41.7 Å². The van der Waals surface area contributed by atoms with Crippen molar-refractivity contribution in [1.29, 1.82) is 0 Å². The van der Waals surface area contributed by atoms with Crippen LogP contribution in [0.3, 0.4) is 0 Å². The molecule has 3 aromatic rings. The largest absolute Gasteiger partial charge is 0.356 e. The second-order valence-corrected chi connectivity index (χ2v) is 6.25. The van der Waals surface area contributed by atoms with Gasteiger partial charge in [-0.05, 0) is 51.3 Å². The van der Waals surface area contributed by atoms with E-state index < -0.39 is 0 Å². The molecule has 1 aliphatic rings. The second-order valence-electron chi connectivity index (χ2n) is 6.25. The van der Waals surface area contributed by atoms with Crippen molar-refractivity contribution in [1.82, 2.24) is 19.7 Å². The standard InChI is InChI=1S/C18H21N5/c1-13-12-14(2)23(21-13)18-19-16-9-5-4-8-15(16)17(20-18)22-10-6-3-7-11-22/h4-5,8-9,12H,3,6-7,10-11H2,1-2H3. The van der Waals surface area contributed by atoms with Crippen molar-refractivity contribution in [3.8, 4) is 5.95 Å². The van der Waals surface area contributed by atoms with E-state index >= 15 is 0 Å². The van der Waals surface area contributed by atoms with E-state index in [-0.39, 0.29) is 0 Å². The normalized spacial score (nSPS) is 15.3. The monoisotopic (exact) mass is 307 g/mol. The summed E-state index contributed by atoms with van der Waals surface area (Å²) in [5, 5.41) is 5.67. The SMILES string of the molecule is Cc1cc(C)n(-c2nc(N3CCCCC3)c3ccccc3n2)n1. The minimum atomic E-state index is 0.662. The number of hydrogen-bond donors (Lipinski definition) is 0. The van der Waals surface area contributed by atoms with Gasteiger partial charge in [-0.2, -0.15) is 10.1 Å². The minimum absolute atomic E-state index is 0.662. The fourth-order valence-electron chi connectivity index (χ4n) is 3.32. The summed E-state index contributed by atoms with van der Waals surface area (Å²) in [5.41, 5.74) is 3.02. The van der Waals surface area contributed by atoms with Crippen molar-refractivity contribution >= 4 is 16.7 Å². The Hall–Kier alpha value is -2.43. The number of piperidine rings is 1. The summed E-state index contributed by atoms with van der Waals surface area (Å²) < 4.78 is 1.84. The van der Waals surface area contributed by atoms with Crippen LogP contribution in [-0.4, -0.2) is 32.8 Å². The van der Waals surface area contributed by atoms with E-state index in [1.807, 2.05) is 24.6 Å². The van der Waals surface area contributed by atoms with Gasteiger partial charge >= 0.3 is 0 Å². The van der Waals surface area contributed by atoms with Crippen LogP contribution in [0.25, 0.3) is 16.9 Å². The molecule has 1 fully saturated rings. The first-order valence-electron chi connectivity index (χ1n) is 8.28. The molecule has 5 heteroatoms. The summed E-state index contributed by atoms with van der Waals surface area (Å²) in [7, 11) is 0. The first kappa shape index (κ1) is 14.2. The zero-order valence-electron chi connectivity index (χ0n) is 13.7. The predicted molar refractivity (Wildman–Crippen MR) is 92.2 cm³/mol. The molecule has 4 rings (SSSR count). The summed E-state index contributed by atoms with van der Waals surface area (Å²) in [6.45, 7) is 6.17. The van der Waals surface area contributed by atoms with Gasteiger partial charge in [0.05, 0.1) is 11.2 Å². The summed E-state index contributed by atoms with van der Waals surface area (Å²) >= 11 is 0. The molecular weight excluding hydrogens is 286 g/mol. The van der Waals surface area contributed by atoms with Gasteiger partial charge < -0.3 is 4.90 Å². The topological polar surface area (TPSA) is 46.8 Å². The van der Waals surface area contributed by atoms with Crippen LogP contribution in [0, 0.1) is 13.8 Å². The average Bonchev–Trinajstić information content (AvgIpc) is 2.93. The molecule has 0 unspecified atom stereocenters. The molecular formula is C18H21N5. The number of fused-ring (bicyclic) bond motifs is 1. The van der Waals surface area contributed by atoms with Crippen LogP contribution < -0.4 is 4.90 Å². The average molecular weight is 307 g/mol. The quantitative estimate of drug-likeness (QED) is 0.728. The molecule has 0 radical (unpaired) electrons. The second kappa shape index (κ2) is 5.65. The lowest BCUT2D eigenvalue weighted by Gasteiger charge is -2.28. The van der Waals surface area contributed by atoms with Crippen LogP contribution in [0.4, 0.5) is 5.82 Å². The highest BCUT2D eigenvalue weighted by atomic mass is 15.4. The highest BCUT2D eigenvalue weighted by molar-refractivity contribution is 5.90. The summed E-state index contributed by atoms with van der Waals surface area (Å²) in [6.07, 6.45) is 3.77. The number of nitrogens with zero attached hydrogens (tertiary/aromatic N) is 5. The number of aromatic nitrogens is 4. The lowest BCUT2D eigenvalue weighted by atomic mass is 10.1. The van der Waals surface area contributed by atoms with E-state index in [9.17, 15) is 0 Å². The van der Waals surface area contributed by atoms with Crippen LogP contribution in [-0.2, 0) is 0 Å². The summed E-state index contributed by atoms with van der Waals surface area (Å²) in [5.74, 6) is 1.70. The molecule has 0 bridgehead atoms. The van der Waals surface area contributed by atoms with Crippen molar-refractivity contribution in [2.24, 2.45) is 0 Å². The summed E-state index contributed by atoms with van der Waals surface area (Å²) in [6, 6.07) is 10.3. The third kappa shape index (κ3) is 2.56. The van der Waals surface area contributed by atoms with Crippen molar-refractivity contribution in [2.75, 3.05) is 18.0 Å². The zero-order chi connectivity index (χ0) is 15.8. The molecule has 5 nitrogen and oxygen atoms in total. The first-order chi connectivity index (χ1) is 11.2. The Morgan fingerprint density at radius 2 is 1.74 bits per heavy atom. The molecule has 0 spiro atoms. The Bertz CT molecular complexity index is 846. The predicted octanol–water partition coefficient (Wildman–Crippen LogP) is 3.42. The fourth-order valence-corrected chi connectivity index (χ4v) is 3.32. The molecule has 0 aliphatic carbocycles. The van der Waals surface area contributed by atoms with E-state index in [0.717, 1.165) is 41.2 Å². The van der Waals surface area contributed by atoms with Crippen LogP contribution in [0.15, 0.2) is 30.3 Å². The zero-order valence-corrected chi connectivity index (χ0v) is 13.7. The maximum Gasteiger partial charge on any atom is 0.253 e. The Labute approximate surface area is 136 Å². The minimum Gasteiger partial charge on any atom is -0.356 e. The van der Waals surface area contributed by atoms with E-state index in [2.05, 4.69) is 34.3 Å². The van der Waals surface area contributed by atoms with Gasteiger partial charge in [-0.15, -0.1) is 0 Å². The molecule has 118 valence electrons. The Morgan fingerprint density at radius 1 is 0.957 bits per heavy atom. The molecule has 0 atom stereocenters. The van der Waals surface area contributed by atoms with E-state index in [0.29, 0.717) is 5.95 Å². The highest BCUT2D eigenvalue weighted by Gasteiger charge is 2.18. The maximum absolute atomic E-state index is 4.88. The number of aryl methyl sites for hydroxylation is 2. The van der Waals surface area contributed by atoms with Gasteiger partial charge in [0, 0.05) is 24.2 Å². The molecule has 1 saturated heterocycles. The van der Waals surface area contributed by atoms with Gasteiger partial charge in [-0.25, -0.2) is 9.67 Å². The smallest absolute Gasteiger partial charge is 0.253 e. The van der Waals surface area contributed by atoms with E-state index in [1.165, 1.54) is 19.3 Å². The van der Waals surface area contributed by atoms with Crippen molar-refractivity contribution in [3.63, 3.8) is 0 Å². The molecule has 23 heavy (non-hydrogen) atoms. The van der Waals surface area contributed by atoms with E-state index in [4.69, 9.17) is 9.97 Å². The molecule has 0 amide bonds. The fraction of sp³-hybridized carbons (Fsp3) is 0.389. The van der Waals surface area contributed by atoms with Crippen LogP contribution in [0.5, 0.6) is 0 Å². The maximum atomic E-state index is 4.88. The van der Waals surface area contributed by atoms with Gasteiger partial charge in [0.15, 0.2) is 0 Å².